The lowest BCUT2D eigenvalue weighted by Crippen LogP contribution is -2.47. The van der Waals surface area contributed by atoms with Crippen molar-refractivity contribution < 1.29 is 14.3 Å². The van der Waals surface area contributed by atoms with Crippen molar-refractivity contribution >= 4 is 34.2 Å². The average molecular weight is 432 g/mol. The van der Waals surface area contributed by atoms with Gasteiger partial charge >= 0.3 is 5.97 Å². The molecule has 0 atom stereocenters. The number of anilines is 2. The van der Waals surface area contributed by atoms with Crippen LogP contribution in [-0.4, -0.2) is 66.1 Å². The Morgan fingerprint density at radius 3 is 2.53 bits per heavy atom. The largest absolute Gasteiger partial charge is 0.462 e. The second kappa shape index (κ2) is 10.5. The number of esters is 1. The number of carbonyl (C=O) groups excluding carboxylic acids is 2. The Morgan fingerprint density at radius 1 is 1.17 bits per heavy atom. The molecule has 0 aliphatic carbocycles. The lowest BCUT2D eigenvalue weighted by molar-refractivity contribution is -0.116. The molecule has 0 saturated carbocycles. The SMILES string of the molecule is CCOC(=O)c1c(NC(=O)CCCN2CCN(c3ncccn3)CC2)sc(C)c1C. The first-order valence-corrected chi connectivity index (χ1v) is 11.1. The highest BCUT2D eigenvalue weighted by molar-refractivity contribution is 7.16. The second-order valence-corrected chi connectivity index (χ2v) is 8.46. The predicted octanol–water partition coefficient (Wildman–Crippen LogP) is 2.87. The molecular weight excluding hydrogens is 402 g/mol. The molecule has 1 N–H and O–H groups in total. The van der Waals surface area contributed by atoms with E-state index in [0.717, 1.165) is 55.5 Å². The van der Waals surface area contributed by atoms with E-state index in [2.05, 4.69) is 25.1 Å². The Balaban J connectivity index is 1.44. The highest BCUT2D eigenvalue weighted by Crippen LogP contribution is 2.33. The van der Waals surface area contributed by atoms with Crippen LogP contribution in [0, 0.1) is 13.8 Å². The van der Waals surface area contributed by atoms with E-state index in [0.29, 0.717) is 23.6 Å². The standard InChI is InChI=1S/C21H29N5O3S/c1-4-29-20(28)18-15(2)16(3)30-19(18)24-17(27)7-5-10-25-11-13-26(14-12-25)21-22-8-6-9-23-21/h6,8-9H,4-5,7,10-14H2,1-3H3,(H,24,27). The van der Waals surface area contributed by atoms with Gasteiger partial charge in [0.2, 0.25) is 11.9 Å². The summed E-state index contributed by atoms with van der Waals surface area (Å²) in [5.41, 5.74) is 1.35. The molecule has 0 unspecified atom stereocenters. The first-order valence-electron chi connectivity index (χ1n) is 10.3. The molecule has 1 amide bonds. The van der Waals surface area contributed by atoms with Gasteiger partial charge in [0.15, 0.2) is 0 Å². The highest BCUT2D eigenvalue weighted by atomic mass is 32.1. The maximum absolute atomic E-state index is 12.4. The molecule has 1 fully saturated rings. The highest BCUT2D eigenvalue weighted by Gasteiger charge is 2.22. The lowest BCUT2D eigenvalue weighted by Gasteiger charge is -2.34. The Labute approximate surface area is 181 Å². The number of piperazine rings is 1. The van der Waals surface area contributed by atoms with Gasteiger partial charge in [0, 0.05) is 49.9 Å². The minimum atomic E-state index is -0.380. The zero-order valence-corrected chi connectivity index (χ0v) is 18.6. The van der Waals surface area contributed by atoms with Crippen molar-refractivity contribution in [1.29, 1.82) is 0 Å². The molecule has 1 saturated heterocycles. The number of thiophene rings is 1. The zero-order chi connectivity index (χ0) is 21.5. The average Bonchev–Trinajstić information content (AvgIpc) is 3.02. The van der Waals surface area contributed by atoms with E-state index in [1.807, 2.05) is 19.9 Å². The first-order chi connectivity index (χ1) is 14.5. The smallest absolute Gasteiger partial charge is 0.341 e. The van der Waals surface area contributed by atoms with Gasteiger partial charge in [-0.3, -0.25) is 9.69 Å². The van der Waals surface area contributed by atoms with Crippen LogP contribution in [0.3, 0.4) is 0 Å². The second-order valence-electron chi connectivity index (χ2n) is 7.24. The zero-order valence-electron chi connectivity index (χ0n) is 17.8. The van der Waals surface area contributed by atoms with Gasteiger partial charge in [0.05, 0.1) is 12.2 Å². The van der Waals surface area contributed by atoms with Gasteiger partial charge in [0.25, 0.3) is 0 Å². The number of carbonyl (C=O) groups is 2. The van der Waals surface area contributed by atoms with Crippen LogP contribution in [-0.2, 0) is 9.53 Å². The number of nitrogens with zero attached hydrogens (tertiary/aromatic N) is 4. The molecule has 9 heteroatoms. The molecule has 162 valence electrons. The molecule has 1 aliphatic heterocycles. The van der Waals surface area contributed by atoms with Crippen molar-refractivity contribution in [3.63, 3.8) is 0 Å². The van der Waals surface area contributed by atoms with Crippen LogP contribution in [0.1, 0.15) is 40.6 Å². The fraction of sp³-hybridized carbons (Fsp3) is 0.524. The van der Waals surface area contributed by atoms with E-state index < -0.39 is 0 Å². The van der Waals surface area contributed by atoms with E-state index in [-0.39, 0.29) is 11.9 Å². The van der Waals surface area contributed by atoms with Crippen molar-refractivity contribution in [2.24, 2.45) is 0 Å². The molecule has 3 heterocycles. The van der Waals surface area contributed by atoms with Gasteiger partial charge in [-0.25, -0.2) is 14.8 Å². The third-order valence-corrected chi connectivity index (χ3v) is 6.33. The Morgan fingerprint density at radius 2 is 1.87 bits per heavy atom. The minimum absolute atomic E-state index is 0.0712. The number of nitrogens with one attached hydrogen (secondary N) is 1. The normalized spacial score (nSPS) is 14.6. The maximum Gasteiger partial charge on any atom is 0.341 e. The molecule has 3 rings (SSSR count). The summed E-state index contributed by atoms with van der Waals surface area (Å²) in [4.78, 5) is 38.8. The Kier molecular flexibility index (Phi) is 7.75. The summed E-state index contributed by atoms with van der Waals surface area (Å²) in [5, 5.41) is 3.50. The van der Waals surface area contributed by atoms with Crippen molar-refractivity contribution in [1.82, 2.24) is 14.9 Å². The summed E-state index contributed by atoms with van der Waals surface area (Å²) in [6.07, 6.45) is 4.71. The topological polar surface area (TPSA) is 87.7 Å². The van der Waals surface area contributed by atoms with Gasteiger partial charge < -0.3 is 15.0 Å². The van der Waals surface area contributed by atoms with Crippen LogP contribution >= 0.6 is 11.3 Å². The van der Waals surface area contributed by atoms with Crippen LogP contribution in [0.2, 0.25) is 0 Å². The molecule has 1 aliphatic rings. The predicted molar refractivity (Wildman–Crippen MR) is 118 cm³/mol. The summed E-state index contributed by atoms with van der Waals surface area (Å²) in [5.74, 6) is 0.323. The molecule has 0 spiro atoms. The molecule has 0 radical (unpaired) electrons. The van der Waals surface area contributed by atoms with Gasteiger partial charge in [-0.05, 0) is 45.4 Å². The minimum Gasteiger partial charge on any atom is -0.462 e. The first kappa shape index (κ1) is 22.2. The number of ether oxygens (including phenoxy) is 1. The maximum atomic E-state index is 12.4. The quantitative estimate of drug-likeness (QED) is 0.643. The summed E-state index contributed by atoms with van der Waals surface area (Å²) in [7, 11) is 0. The monoisotopic (exact) mass is 431 g/mol. The Hall–Kier alpha value is -2.52. The van der Waals surface area contributed by atoms with Gasteiger partial charge in [-0.15, -0.1) is 11.3 Å². The van der Waals surface area contributed by atoms with Crippen LogP contribution in [0.25, 0.3) is 0 Å². The Bertz CT molecular complexity index is 863. The number of hydrogen-bond acceptors (Lipinski definition) is 8. The van der Waals surface area contributed by atoms with Crippen LogP contribution in [0.5, 0.6) is 0 Å². The molecule has 0 bridgehead atoms. The van der Waals surface area contributed by atoms with E-state index in [1.54, 1.807) is 19.3 Å². The van der Waals surface area contributed by atoms with Crippen LogP contribution in [0.15, 0.2) is 18.5 Å². The third-order valence-electron chi connectivity index (χ3n) is 5.20. The van der Waals surface area contributed by atoms with E-state index in [9.17, 15) is 9.59 Å². The van der Waals surface area contributed by atoms with Gasteiger partial charge in [0.1, 0.15) is 5.00 Å². The summed E-state index contributed by atoms with van der Waals surface area (Å²) >= 11 is 1.42. The molecule has 0 aromatic carbocycles. The number of rotatable bonds is 8. The molecule has 2 aromatic heterocycles. The molecular formula is C21H29N5O3S. The van der Waals surface area contributed by atoms with Crippen molar-refractivity contribution in [3.8, 4) is 0 Å². The third kappa shape index (κ3) is 5.54. The van der Waals surface area contributed by atoms with Gasteiger partial charge in [-0.2, -0.15) is 0 Å². The molecule has 8 nitrogen and oxygen atoms in total. The fourth-order valence-electron chi connectivity index (χ4n) is 3.44. The molecule has 30 heavy (non-hydrogen) atoms. The van der Waals surface area contributed by atoms with Crippen molar-refractivity contribution in [2.45, 2.75) is 33.6 Å². The van der Waals surface area contributed by atoms with Crippen molar-refractivity contribution in [2.75, 3.05) is 49.5 Å². The van der Waals surface area contributed by atoms with Crippen LogP contribution < -0.4 is 10.2 Å². The number of aryl methyl sites for hydroxylation is 1. The summed E-state index contributed by atoms with van der Waals surface area (Å²) < 4.78 is 5.14. The summed E-state index contributed by atoms with van der Waals surface area (Å²) in [6, 6.07) is 1.82. The number of aromatic nitrogens is 2. The number of hydrogen-bond donors (Lipinski definition) is 1. The van der Waals surface area contributed by atoms with Crippen LogP contribution in [0.4, 0.5) is 10.9 Å². The number of amides is 1. The molecule has 2 aromatic rings. The van der Waals surface area contributed by atoms with E-state index in [4.69, 9.17) is 4.74 Å². The van der Waals surface area contributed by atoms with E-state index >= 15 is 0 Å². The fourth-order valence-corrected chi connectivity index (χ4v) is 4.51. The summed E-state index contributed by atoms with van der Waals surface area (Å²) in [6.45, 7) is 10.4. The van der Waals surface area contributed by atoms with Gasteiger partial charge in [-0.1, -0.05) is 0 Å². The van der Waals surface area contributed by atoms with Crippen molar-refractivity contribution in [3.05, 3.63) is 34.5 Å². The lowest BCUT2D eigenvalue weighted by atomic mass is 10.1. The van der Waals surface area contributed by atoms with E-state index in [1.165, 1.54) is 11.3 Å².